The minimum atomic E-state index is -5.06. The molecule has 2 aromatic heterocycles. The van der Waals surface area contributed by atoms with Crippen molar-refractivity contribution >= 4 is 11.6 Å². The van der Waals surface area contributed by atoms with Crippen LogP contribution in [0.25, 0.3) is 11.5 Å². The van der Waals surface area contributed by atoms with Gasteiger partial charge in [0.25, 0.3) is 5.56 Å². The standard InChI is InChI=1S/C18H11F6N3O3/c19-17(20,21)10-6-11(18(22,23)24)8-12(7-10)25-15(28)9-27-16(29)4-3-13(26-27)14-2-1-5-30-14/h1-8H,9H2,(H,25,28). The van der Waals surface area contributed by atoms with E-state index in [-0.39, 0.29) is 17.5 Å². The van der Waals surface area contributed by atoms with E-state index in [0.29, 0.717) is 16.8 Å². The number of furan rings is 1. The SMILES string of the molecule is O=C(Cn1nc(-c2ccco2)ccc1=O)Nc1cc(C(F)(F)F)cc(C(F)(F)F)c1. The number of hydrogen-bond donors (Lipinski definition) is 1. The molecule has 0 saturated carbocycles. The zero-order valence-electron chi connectivity index (χ0n) is 14.7. The molecule has 2 heterocycles. The topological polar surface area (TPSA) is 77.1 Å². The monoisotopic (exact) mass is 431 g/mol. The van der Waals surface area contributed by atoms with Crippen LogP contribution in [0.4, 0.5) is 32.0 Å². The predicted octanol–water partition coefficient (Wildman–Crippen LogP) is 4.18. The van der Waals surface area contributed by atoms with E-state index in [4.69, 9.17) is 4.42 Å². The van der Waals surface area contributed by atoms with Gasteiger partial charge in [-0.2, -0.15) is 31.4 Å². The molecule has 3 aromatic rings. The second-order valence-electron chi connectivity index (χ2n) is 6.03. The number of rotatable bonds is 4. The maximum atomic E-state index is 12.9. The summed E-state index contributed by atoms with van der Waals surface area (Å²) in [7, 11) is 0. The lowest BCUT2D eigenvalue weighted by Crippen LogP contribution is -2.29. The van der Waals surface area contributed by atoms with E-state index in [2.05, 4.69) is 5.10 Å². The van der Waals surface area contributed by atoms with Crippen LogP contribution in [-0.2, 0) is 23.7 Å². The summed E-state index contributed by atoms with van der Waals surface area (Å²) < 4.78 is 83.3. The van der Waals surface area contributed by atoms with E-state index in [1.54, 1.807) is 12.1 Å². The minimum Gasteiger partial charge on any atom is -0.463 e. The first-order valence-corrected chi connectivity index (χ1v) is 8.15. The molecule has 3 rings (SSSR count). The molecule has 30 heavy (non-hydrogen) atoms. The van der Waals surface area contributed by atoms with Gasteiger partial charge < -0.3 is 9.73 Å². The first kappa shape index (κ1) is 21.1. The van der Waals surface area contributed by atoms with Crippen molar-refractivity contribution in [3.8, 4) is 11.5 Å². The van der Waals surface area contributed by atoms with Gasteiger partial charge in [-0.15, -0.1) is 0 Å². The Labute approximate surface area is 163 Å². The first-order chi connectivity index (χ1) is 13.9. The van der Waals surface area contributed by atoms with Crippen LogP contribution in [0.5, 0.6) is 0 Å². The molecular formula is C18H11F6N3O3. The van der Waals surface area contributed by atoms with Gasteiger partial charge in [0.05, 0.1) is 17.4 Å². The summed E-state index contributed by atoms with van der Waals surface area (Å²) >= 11 is 0. The average molecular weight is 431 g/mol. The predicted molar refractivity (Wildman–Crippen MR) is 91.3 cm³/mol. The van der Waals surface area contributed by atoms with E-state index in [9.17, 15) is 35.9 Å². The Balaban J connectivity index is 1.86. The van der Waals surface area contributed by atoms with E-state index in [1.807, 2.05) is 5.32 Å². The lowest BCUT2D eigenvalue weighted by molar-refractivity contribution is -0.143. The number of halogens is 6. The highest BCUT2D eigenvalue weighted by Gasteiger charge is 2.37. The molecule has 0 aliphatic heterocycles. The third kappa shape index (κ3) is 4.88. The third-order valence-corrected chi connectivity index (χ3v) is 3.81. The number of amides is 1. The zero-order chi connectivity index (χ0) is 22.1. The molecule has 12 heteroatoms. The Morgan fingerprint density at radius 1 is 1.00 bits per heavy atom. The molecule has 1 aromatic carbocycles. The van der Waals surface area contributed by atoms with Crippen molar-refractivity contribution in [2.75, 3.05) is 5.32 Å². The van der Waals surface area contributed by atoms with Crippen LogP contribution < -0.4 is 10.9 Å². The molecule has 0 fully saturated rings. The lowest BCUT2D eigenvalue weighted by atomic mass is 10.1. The van der Waals surface area contributed by atoms with Gasteiger partial charge in [0.15, 0.2) is 5.76 Å². The average Bonchev–Trinajstić information content (AvgIpc) is 3.16. The van der Waals surface area contributed by atoms with Crippen LogP contribution in [0, 0.1) is 0 Å². The smallest absolute Gasteiger partial charge is 0.416 e. The van der Waals surface area contributed by atoms with Crippen LogP contribution in [0.3, 0.4) is 0 Å². The van der Waals surface area contributed by atoms with Crippen molar-refractivity contribution in [3.05, 3.63) is 70.2 Å². The van der Waals surface area contributed by atoms with Crippen LogP contribution in [0.1, 0.15) is 11.1 Å². The van der Waals surface area contributed by atoms with Gasteiger partial charge in [0.2, 0.25) is 5.91 Å². The van der Waals surface area contributed by atoms with Gasteiger partial charge in [0.1, 0.15) is 12.2 Å². The fourth-order valence-corrected chi connectivity index (χ4v) is 2.48. The molecular weight excluding hydrogens is 420 g/mol. The summed E-state index contributed by atoms with van der Waals surface area (Å²) in [5, 5.41) is 5.83. The number of carbonyl (C=O) groups is 1. The zero-order valence-corrected chi connectivity index (χ0v) is 14.7. The molecule has 0 radical (unpaired) electrons. The Kier molecular flexibility index (Phi) is 5.42. The number of anilines is 1. The van der Waals surface area contributed by atoms with E-state index < -0.39 is 47.2 Å². The van der Waals surface area contributed by atoms with Crippen molar-refractivity contribution in [2.24, 2.45) is 0 Å². The number of benzene rings is 1. The van der Waals surface area contributed by atoms with Crippen LogP contribution in [-0.4, -0.2) is 15.7 Å². The minimum absolute atomic E-state index is 0.0610. The number of aromatic nitrogens is 2. The van der Waals surface area contributed by atoms with Gasteiger partial charge in [-0.25, -0.2) is 4.68 Å². The van der Waals surface area contributed by atoms with Gasteiger partial charge in [0, 0.05) is 11.8 Å². The van der Waals surface area contributed by atoms with Gasteiger partial charge >= 0.3 is 12.4 Å². The van der Waals surface area contributed by atoms with Gasteiger partial charge in [-0.3, -0.25) is 9.59 Å². The van der Waals surface area contributed by atoms with Crippen LogP contribution in [0.15, 0.2) is 57.9 Å². The van der Waals surface area contributed by atoms with Gasteiger partial charge in [-0.1, -0.05) is 0 Å². The Morgan fingerprint density at radius 3 is 2.17 bits per heavy atom. The number of hydrogen-bond acceptors (Lipinski definition) is 4. The summed E-state index contributed by atoms with van der Waals surface area (Å²) in [5.74, 6) is -0.759. The Bertz CT molecular complexity index is 1090. The van der Waals surface area contributed by atoms with Crippen molar-refractivity contribution in [3.63, 3.8) is 0 Å². The second-order valence-corrected chi connectivity index (χ2v) is 6.03. The molecule has 0 unspecified atom stereocenters. The Hall–Kier alpha value is -3.57. The van der Waals surface area contributed by atoms with E-state index in [0.717, 1.165) is 6.07 Å². The maximum Gasteiger partial charge on any atom is 0.416 e. The fourth-order valence-electron chi connectivity index (χ4n) is 2.48. The molecule has 0 saturated heterocycles. The highest BCUT2D eigenvalue weighted by molar-refractivity contribution is 5.90. The van der Waals surface area contributed by atoms with Crippen molar-refractivity contribution in [2.45, 2.75) is 18.9 Å². The highest BCUT2D eigenvalue weighted by atomic mass is 19.4. The summed E-state index contributed by atoms with van der Waals surface area (Å²) in [6.07, 6.45) is -8.77. The fraction of sp³-hybridized carbons (Fsp3) is 0.167. The lowest BCUT2D eigenvalue weighted by Gasteiger charge is -2.15. The molecule has 0 atom stereocenters. The maximum absolute atomic E-state index is 12.9. The summed E-state index contributed by atoms with van der Waals surface area (Å²) in [4.78, 5) is 24.0. The summed E-state index contributed by atoms with van der Waals surface area (Å²) in [5.41, 5.74) is -4.39. The van der Waals surface area contributed by atoms with Crippen LogP contribution >= 0.6 is 0 Å². The second kappa shape index (κ2) is 7.69. The van der Waals surface area contributed by atoms with E-state index >= 15 is 0 Å². The highest BCUT2D eigenvalue weighted by Crippen LogP contribution is 2.37. The molecule has 1 N–H and O–H groups in total. The molecule has 158 valence electrons. The summed E-state index contributed by atoms with van der Waals surface area (Å²) in [6.45, 7) is -0.745. The van der Waals surface area contributed by atoms with E-state index in [1.165, 1.54) is 12.3 Å². The van der Waals surface area contributed by atoms with Crippen molar-refractivity contribution < 1.29 is 35.6 Å². The quantitative estimate of drug-likeness (QED) is 0.629. The first-order valence-electron chi connectivity index (χ1n) is 8.15. The van der Waals surface area contributed by atoms with Gasteiger partial charge in [-0.05, 0) is 36.4 Å². The Morgan fingerprint density at radius 2 is 1.63 bits per heavy atom. The molecule has 0 aliphatic rings. The number of nitrogens with one attached hydrogen (secondary N) is 1. The van der Waals surface area contributed by atoms with Crippen molar-refractivity contribution in [1.82, 2.24) is 9.78 Å². The largest absolute Gasteiger partial charge is 0.463 e. The number of nitrogens with zero attached hydrogens (tertiary/aromatic N) is 2. The number of carbonyl (C=O) groups excluding carboxylic acids is 1. The molecule has 0 bridgehead atoms. The molecule has 1 amide bonds. The van der Waals surface area contributed by atoms with Crippen molar-refractivity contribution in [1.29, 1.82) is 0 Å². The molecule has 0 spiro atoms. The summed E-state index contributed by atoms with van der Waals surface area (Å²) in [6, 6.07) is 6.19. The molecule has 0 aliphatic carbocycles. The normalized spacial score (nSPS) is 12.1. The molecule has 6 nitrogen and oxygen atoms in total. The third-order valence-electron chi connectivity index (χ3n) is 3.81. The number of alkyl halides is 6. The van der Waals surface area contributed by atoms with Crippen LogP contribution in [0.2, 0.25) is 0 Å².